The van der Waals surface area contributed by atoms with E-state index in [0.717, 1.165) is 42.3 Å². The Hall–Kier alpha value is -2.14. The SMILES string of the molecule is Cc1cc(C(=O)N2CCNCC2C)c(C)n1Cc1ccccn1. The molecule has 0 saturated carbocycles. The van der Waals surface area contributed by atoms with Gasteiger partial charge >= 0.3 is 0 Å². The molecule has 0 aromatic carbocycles. The van der Waals surface area contributed by atoms with Crippen molar-refractivity contribution in [2.45, 2.75) is 33.4 Å². The van der Waals surface area contributed by atoms with E-state index >= 15 is 0 Å². The quantitative estimate of drug-likeness (QED) is 0.943. The monoisotopic (exact) mass is 312 g/mol. The molecule has 1 unspecified atom stereocenters. The first kappa shape index (κ1) is 15.7. The molecule has 0 radical (unpaired) electrons. The summed E-state index contributed by atoms with van der Waals surface area (Å²) in [7, 11) is 0. The molecule has 23 heavy (non-hydrogen) atoms. The van der Waals surface area contributed by atoms with Crippen LogP contribution in [-0.2, 0) is 6.54 Å². The van der Waals surface area contributed by atoms with Crippen LogP contribution < -0.4 is 5.32 Å². The van der Waals surface area contributed by atoms with Gasteiger partial charge in [-0.25, -0.2) is 0 Å². The average molecular weight is 312 g/mol. The number of hydrogen-bond acceptors (Lipinski definition) is 3. The number of aryl methyl sites for hydroxylation is 1. The van der Waals surface area contributed by atoms with Gasteiger partial charge in [-0.2, -0.15) is 0 Å². The van der Waals surface area contributed by atoms with Crippen LogP contribution in [-0.4, -0.2) is 46.0 Å². The number of amides is 1. The van der Waals surface area contributed by atoms with Crippen LogP contribution in [0.3, 0.4) is 0 Å². The third-order valence-corrected chi connectivity index (χ3v) is 4.61. The molecule has 2 aromatic rings. The van der Waals surface area contributed by atoms with Crippen molar-refractivity contribution in [1.29, 1.82) is 0 Å². The summed E-state index contributed by atoms with van der Waals surface area (Å²) in [6, 6.07) is 8.16. The molecule has 1 N–H and O–H groups in total. The summed E-state index contributed by atoms with van der Waals surface area (Å²) in [5.41, 5.74) is 3.93. The summed E-state index contributed by atoms with van der Waals surface area (Å²) in [6.45, 7) is 9.36. The Bertz CT molecular complexity index is 693. The molecule has 1 saturated heterocycles. The van der Waals surface area contributed by atoms with Gasteiger partial charge in [-0.3, -0.25) is 9.78 Å². The average Bonchev–Trinajstić information content (AvgIpc) is 2.84. The van der Waals surface area contributed by atoms with E-state index in [1.165, 1.54) is 0 Å². The molecule has 1 amide bonds. The highest BCUT2D eigenvalue weighted by Gasteiger charge is 2.26. The van der Waals surface area contributed by atoms with Crippen LogP contribution in [0.5, 0.6) is 0 Å². The number of aromatic nitrogens is 2. The van der Waals surface area contributed by atoms with Crippen molar-refractivity contribution in [2.75, 3.05) is 19.6 Å². The fraction of sp³-hybridized carbons (Fsp3) is 0.444. The molecule has 2 aromatic heterocycles. The largest absolute Gasteiger partial charge is 0.342 e. The number of pyridine rings is 1. The van der Waals surface area contributed by atoms with Crippen molar-refractivity contribution in [2.24, 2.45) is 0 Å². The zero-order valence-electron chi connectivity index (χ0n) is 14.0. The number of nitrogens with zero attached hydrogens (tertiary/aromatic N) is 3. The highest BCUT2D eigenvalue weighted by molar-refractivity contribution is 5.96. The minimum Gasteiger partial charge on any atom is -0.342 e. The van der Waals surface area contributed by atoms with Gasteiger partial charge in [-0.1, -0.05) is 6.07 Å². The van der Waals surface area contributed by atoms with Gasteiger partial charge in [0.1, 0.15) is 0 Å². The second kappa shape index (κ2) is 6.54. The summed E-state index contributed by atoms with van der Waals surface area (Å²) in [5, 5.41) is 3.33. The van der Waals surface area contributed by atoms with Crippen molar-refractivity contribution in [1.82, 2.24) is 19.8 Å². The predicted molar refractivity (Wildman–Crippen MR) is 90.6 cm³/mol. The standard InChI is InChI=1S/C18H24N4O/c1-13-10-17(18(23)21-9-8-19-11-14(21)2)15(3)22(13)12-16-6-4-5-7-20-16/h4-7,10,14,19H,8-9,11-12H2,1-3H3. The molecule has 5 heteroatoms. The van der Waals surface area contributed by atoms with E-state index in [1.807, 2.05) is 43.0 Å². The molecule has 122 valence electrons. The number of hydrogen-bond donors (Lipinski definition) is 1. The van der Waals surface area contributed by atoms with Crippen LogP contribution in [0.4, 0.5) is 0 Å². The summed E-state index contributed by atoms with van der Waals surface area (Å²) in [6.07, 6.45) is 1.80. The van der Waals surface area contributed by atoms with E-state index < -0.39 is 0 Å². The van der Waals surface area contributed by atoms with Crippen LogP contribution in [0.15, 0.2) is 30.5 Å². The summed E-state index contributed by atoms with van der Waals surface area (Å²) >= 11 is 0. The van der Waals surface area contributed by atoms with Gasteiger partial charge in [0.05, 0.1) is 17.8 Å². The summed E-state index contributed by atoms with van der Waals surface area (Å²) in [5.74, 6) is 0.138. The summed E-state index contributed by atoms with van der Waals surface area (Å²) < 4.78 is 2.17. The zero-order chi connectivity index (χ0) is 16.4. The van der Waals surface area contributed by atoms with Gasteiger partial charge in [-0.15, -0.1) is 0 Å². The lowest BCUT2D eigenvalue weighted by Gasteiger charge is -2.34. The predicted octanol–water partition coefficient (Wildman–Crippen LogP) is 1.98. The van der Waals surface area contributed by atoms with Crippen LogP contribution in [0.25, 0.3) is 0 Å². The fourth-order valence-electron chi connectivity index (χ4n) is 3.21. The molecule has 1 fully saturated rings. The normalized spacial score (nSPS) is 18.2. The third kappa shape index (κ3) is 3.15. The molecule has 0 aliphatic carbocycles. The minimum atomic E-state index is 0.138. The van der Waals surface area contributed by atoms with Gasteiger partial charge in [0.25, 0.3) is 5.91 Å². The number of piperazine rings is 1. The number of carbonyl (C=O) groups excluding carboxylic acids is 1. The van der Waals surface area contributed by atoms with E-state index in [2.05, 4.69) is 21.8 Å². The molecule has 1 aliphatic rings. The zero-order valence-corrected chi connectivity index (χ0v) is 14.0. The maximum absolute atomic E-state index is 12.9. The molecule has 3 rings (SSSR count). The van der Waals surface area contributed by atoms with Crippen molar-refractivity contribution >= 4 is 5.91 Å². The molecular weight excluding hydrogens is 288 g/mol. The van der Waals surface area contributed by atoms with E-state index in [1.54, 1.807) is 6.20 Å². The fourth-order valence-corrected chi connectivity index (χ4v) is 3.21. The van der Waals surface area contributed by atoms with Gasteiger partial charge < -0.3 is 14.8 Å². The van der Waals surface area contributed by atoms with E-state index in [9.17, 15) is 4.79 Å². The lowest BCUT2D eigenvalue weighted by molar-refractivity contribution is 0.0655. The maximum atomic E-state index is 12.9. The number of carbonyl (C=O) groups is 1. The van der Waals surface area contributed by atoms with Gasteiger partial charge in [0.2, 0.25) is 0 Å². The molecular formula is C18H24N4O. The van der Waals surface area contributed by atoms with Crippen molar-refractivity contribution in [3.63, 3.8) is 0 Å². The topological polar surface area (TPSA) is 50.2 Å². The highest BCUT2D eigenvalue weighted by atomic mass is 16.2. The Morgan fingerprint density at radius 3 is 2.91 bits per heavy atom. The van der Waals surface area contributed by atoms with Crippen molar-refractivity contribution in [3.05, 3.63) is 53.1 Å². The number of nitrogens with one attached hydrogen (secondary N) is 1. The molecule has 1 atom stereocenters. The van der Waals surface area contributed by atoms with Crippen LogP contribution in [0, 0.1) is 13.8 Å². The second-order valence-corrected chi connectivity index (χ2v) is 6.24. The smallest absolute Gasteiger partial charge is 0.256 e. The first-order chi connectivity index (χ1) is 11.1. The maximum Gasteiger partial charge on any atom is 0.256 e. The van der Waals surface area contributed by atoms with Crippen LogP contribution >= 0.6 is 0 Å². The Morgan fingerprint density at radius 2 is 2.22 bits per heavy atom. The van der Waals surface area contributed by atoms with E-state index in [4.69, 9.17) is 0 Å². The van der Waals surface area contributed by atoms with E-state index in [0.29, 0.717) is 6.54 Å². The molecule has 0 spiro atoms. The van der Waals surface area contributed by atoms with Crippen molar-refractivity contribution in [3.8, 4) is 0 Å². The number of rotatable bonds is 3. The molecule has 1 aliphatic heterocycles. The highest BCUT2D eigenvalue weighted by Crippen LogP contribution is 2.20. The van der Waals surface area contributed by atoms with Crippen LogP contribution in [0.2, 0.25) is 0 Å². The Morgan fingerprint density at radius 1 is 1.39 bits per heavy atom. The van der Waals surface area contributed by atoms with Gasteiger partial charge in [0.15, 0.2) is 0 Å². The first-order valence-corrected chi connectivity index (χ1v) is 8.16. The minimum absolute atomic E-state index is 0.138. The summed E-state index contributed by atoms with van der Waals surface area (Å²) in [4.78, 5) is 19.3. The second-order valence-electron chi connectivity index (χ2n) is 6.24. The van der Waals surface area contributed by atoms with Crippen molar-refractivity contribution < 1.29 is 4.79 Å². The lowest BCUT2D eigenvalue weighted by atomic mass is 10.1. The van der Waals surface area contributed by atoms with E-state index in [-0.39, 0.29) is 11.9 Å². The first-order valence-electron chi connectivity index (χ1n) is 8.16. The lowest BCUT2D eigenvalue weighted by Crippen LogP contribution is -2.52. The Labute approximate surface area is 137 Å². The third-order valence-electron chi connectivity index (χ3n) is 4.61. The Balaban J connectivity index is 1.86. The molecule has 3 heterocycles. The van der Waals surface area contributed by atoms with Crippen LogP contribution in [0.1, 0.15) is 34.4 Å². The van der Waals surface area contributed by atoms with Gasteiger partial charge in [0, 0.05) is 43.3 Å². The molecule has 0 bridgehead atoms. The van der Waals surface area contributed by atoms with Gasteiger partial charge in [-0.05, 0) is 39.0 Å². The molecule has 5 nitrogen and oxygen atoms in total. The Kier molecular flexibility index (Phi) is 4.48.